The predicted octanol–water partition coefficient (Wildman–Crippen LogP) is 2.52. The van der Waals surface area contributed by atoms with Crippen molar-refractivity contribution >= 4 is 17.6 Å². The van der Waals surface area contributed by atoms with E-state index in [4.69, 9.17) is 0 Å². The fourth-order valence-corrected chi connectivity index (χ4v) is 2.54. The molecular weight excluding hydrogens is 234 g/mol. The molecule has 0 aliphatic carbocycles. The van der Waals surface area contributed by atoms with E-state index < -0.39 is 0 Å². The maximum absolute atomic E-state index is 4.34. The van der Waals surface area contributed by atoms with Crippen molar-refractivity contribution in [3.05, 3.63) is 24.3 Å². The van der Waals surface area contributed by atoms with Gasteiger partial charge in [0.1, 0.15) is 17.2 Å². The highest BCUT2D eigenvalue weighted by Gasteiger charge is 2.15. The molecule has 0 saturated heterocycles. The first kappa shape index (κ1) is 11.9. The SMILES string of the molecule is CNc1ncnc(Sc2ncc[nH]2)c1C(C)C. The van der Waals surface area contributed by atoms with Gasteiger partial charge in [-0.25, -0.2) is 15.0 Å². The van der Waals surface area contributed by atoms with Gasteiger partial charge in [0.2, 0.25) is 0 Å². The van der Waals surface area contributed by atoms with Crippen molar-refractivity contribution in [3.63, 3.8) is 0 Å². The molecule has 0 aromatic carbocycles. The lowest BCUT2D eigenvalue weighted by atomic mass is 10.1. The molecule has 2 rings (SSSR count). The quantitative estimate of drug-likeness (QED) is 0.815. The van der Waals surface area contributed by atoms with E-state index in [0.29, 0.717) is 5.92 Å². The molecule has 0 aliphatic heterocycles. The number of imidazole rings is 1. The van der Waals surface area contributed by atoms with Crippen molar-refractivity contribution in [2.24, 2.45) is 0 Å². The Hall–Kier alpha value is -1.56. The molecule has 0 aliphatic rings. The number of nitrogens with one attached hydrogen (secondary N) is 2. The lowest BCUT2D eigenvalue weighted by molar-refractivity contribution is 0.804. The van der Waals surface area contributed by atoms with E-state index in [0.717, 1.165) is 21.6 Å². The molecule has 0 fully saturated rings. The van der Waals surface area contributed by atoms with Crippen LogP contribution < -0.4 is 5.32 Å². The lowest BCUT2D eigenvalue weighted by Crippen LogP contribution is -2.04. The third kappa shape index (κ3) is 2.58. The van der Waals surface area contributed by atoms with Crippen LogP contribution in [0.5, 0.6) is 0 Å². The number of aromatic amines is 1. The molecule has 0 atom stereocenters. The summed E-state index contributed by atoms with van der Waals surface area (Å²) in [5, 5.41) is 4.88. The monoisotopic (exact) mass is 249 g/mol. The van der Waals surface area contributed by atoms with E-state index in [1.54, 1.807) is 18.7 Å². The van der Waals surface area contributed by atoms with E-state index in [1.165, 1.54) is 11.8 Å². The van der Waals surface area contributed by atoms with E-state index >= 15 is 0 Å². The van der Waals surface area contributed by atoms with Gasteiger partial charge in [0.05, 0.1) is 0 Å². The van der Waals surface area contributed by atoms with Crippen LogP contribution in [0.3, 0.4) is 0 Å². The molecule has 0 amide bonds. The smallest absolute Gasteiger partial charge is 0.171 e. The van der Waals surface area contributed by atoms with Crippen molar-refractivity contribution in [1.82, 2.24) is 19.9 Å². The Balaban J connectivity index is 2.39. The Morgan fingerprint density at radius 2 is 2.12 bits per heavy atom. The number of aromatic nitrogens is 4. The number of rotatable bonds is 4. The Bertz CT molecular complexity index is 481. The Morgan fingerprint density at radius 3 is 2.71 bits per heavy atom. The molecule has 2 heterocycles. The van der Waals surface area contributed by atoms with E-state index in [2.05, 4.69) is 39.1 Å². The van der Waals surface area contributed by atoms with E-state index in [9.17, 15) is 0 Å². The molecule has 0 bridgehead atoms. The summed E-state index contributed by atoms with van der Waals surface area (Å²) in [4.78, 5) is 15.8. The van der Waals surface area contributed by atoms with Crippen molar-refractivity contribution in [2.45, 2.75) is 29.9 Å². The third-order valence-corrected chi connectivity index (χ3v) is 3.26. The molecule has 2 aromatic rings. The molecule has 5 nitrogen and oxygen atoms in total. The number of H-pyrrole nitrogens is 1. The first-order valence-corrected chi connectivity index (χ1v) is 6.24. The van der Waals surface area contributed by atoms with Crippen LogP contribution in [0.15, 0.2) is 28.9 Å². The normalized spacial score (nSPS) is 10.8. The van der Waals surface area contributed by atoms with Gasteiger partial charge in [-0.2, -0.15) is 0 Å². The molecule has 0 radical (unpaired) electrons. The van der Waals surface area contributed by atoms with Crippen LogP contribution >= 0.6 is 11.8 Å². The number of hydrogen-bond acceptors (Lipinski definition) is 5. The average Bonchev–Trinajstić information content (AvgIpc) is 2.81. The minimum atomic E-state index is 0.358. The molecule has 17 heavy (non-hydrogen) atoms. The van der Waals surface area contributed by atoms with Gasteiger partial charge in [-0.05, 0) is 17.7 Å². The summed E-state index contributed by atoms with van der Waals surface area (Å²) in [7, 11) is 1.87. The van der Waals surface area contributed by atoms with Crippen molar-refractivity contribution in [2.75, 3.05) is 12.4 Å². The molecule has 0 unspecified atom stereocenters. The molecule has 2 N–H and O–H groups in total. The number of hydrogen-bond donors (Lipinski definition) is 2. The van der Waals surface area contributed by atoms with E-state index in [-0.39, 0.29) is 0 Å². The van der Waals surface area contributed by atoms with Crippen LogP contribution in [0.4, 0.5) is 5.82 Å². The zero-order valence-electron chi connectivity index (χ0n) is 10.1. The summed E-state index contributed by atoms with van der Waals surface area (Å²) in [5.74, 6) is 1.24. The summed E-state index contributed by atoms with van der Waals surface area (Å²) in [5.41, 5.74) is 1.12. The molecular formula is C11H15N5S. The summed E-state index contributed by atoms with van der Waals surface area (Å²) in [6.07, 6.45) is 5.11. The van der Waals surface area contributed by atoms with Crippen LogP contribution in [-0.4, -0.2) is 27.0 Å². The molecule has 6 heteroatoms. The average molecular weight is 249 g/mol. The number of nitrogens with zero attached hydrogens (tertiary/aromatic N) is 3. The Labute approximate surface area is 104 Å². The van der Waals surface area contributed by atoms with Gasteiger partial charge < -0.3 is 10.3 Å². The predicted molar refractivity (Wildman–Crippen MR) is 68.4 cm³/mol. The number of anilines is 1. The maximum atomic E-state index is 4.34. The third-order valence-electron chi connectivity index (χ3n) is 2.33. The second-order valence-electron chi connectivity index (χ2n) is 3.84. The second-order valence-corrected chi connectivity index (χ2v) is 4.82. The fraction of sp³-hybridized carbons (Fsp3) is 0.364. The summed E-state index contributed by atoms with van der Waals surface area (Å²) in [6, 6.07) is 0. The van der Waals surface area contributed by atoms with Gasteiger partial charge in [0, 0.05) is 25.0 Å². The maximum Gasteiger partial charge on any atom is 0.171 e. The standard InChI is InChI=1S/C11H15N5S/c1-7(2)8-9(12-3)15-6-16-10(8)17-11-13-4-5-14-11/h4-7H,1-3H3,(H,13,14)(H,12,15,16). The van der Waals surface area contributed by atoms with Gasteiger partial charge in [0.25, 0.3) is 0 Å². The van der Waals surface area contributed by atoms with Gasteiger partial charge >= 0.3 is 0 Å². The van der Waals surface area contributed by atoms with Gasteiger partial charge in [-0.1, -0.05) is 13.8 Å². The zero-order valence-corrected chi connectivity index (χ0v) is 10.9. The summed E-state index contributed by atoms with van der Waals surface area (Å²) < 4.78 is 0. The van der Waals surface area contributed by atoms with Crippen molar-refractivity contribution in [1.29, 1.82) is 0 Å². The minimum absolute atomic E-state index is 0.358. The van der Waals surface area contributed by atoms with Crippen LogP contribution in [0, 0.1) is 0 Å². The molecule has 0 spiro atoms. The molecule has 2 aromatic heterocycles. The van der Waals surface area contributed by atoms with Crippen LogP contribution in [-0.2, 0) is 0 Å². The van der Waals surface area contributed by atoms with Gasteiger partial charge in [0.15, 0.2) is 5.16 Å². The van der Waals surface area contributed by atoms with Crippen LogP contribution in [0.1, 0.15) is 25.3 Å². The molecule has 90 valence electrons. The summed E-state index contributed by atoms with van der Waals surface area (Å²) >= 11 is 1.52. The summed E-state index contributed by atoms with van der Waals surface area (Å²) in [6.45, 7) is 4.26. The Morgan fingerprint density at radius 1 is 1.29 bits per heavy atom. The zero-order chi connectivity index (χ0) is 12.3. The lowest BCUT2D eigenvalue weighted by Gasteiger charge is -2.14. The fourth-order valence-electron chi connectivity index (χ4n) is 1.58. The minimum Gasteiger partial charge on any atom is -0.373 e. The van der Waals surface area contributed by atoms with Crippen molar-refractivity contribution in [3.8, 4) is 0 Å². The second kappa shape index (κ2) is 5.18. The van der Waals surface area contributed by atoms with Crippen molar-refractivity contribution < 1.29 is 0 Å². The highest BCUT2D eigenvalue weighted by molar-refractivity contribution is 7.99. The highest BCUT2D eigenvalue weighted by Crippen LogP contribution is 2.33. The Kier molecular flexibility index (Phi) is 3.63. The largest absolute Gasteiger partial charge is 0.373 e. The molecule has 0 saturated carbocycles. The first-order valence-electron chi connectivity index (χ1n) is 5.42. The topological polar surface area (TPSA) is 66.5 Å². The first-order chi connectivity index (χ1) is 8.22. The van der Waals surface area contributed by atoms with E-state index in [1.807, 2.05) is 7.05 Å². The van der Waals surface area contributed by atoms with Crippen LogP contribution in [0.2, 0.25) is 0 Å². The highest BCUT2D eigenvalue weighted by atomic mass is 32.2. The van der Waals surface area contributed by atoms with Crippen LogP contribution in [0.25, 0.3) is 0 Å². The van der Waals surface area contributed by atoms with Gasteiger partial charge in [-0.3, -0.25) is 0 Å². The van der Waals surface area contributed by atoms with Gasteiger partial charge in [-0.15, -0.1) is 0 Å².